The predicted octanol–water partition coefficient (Wildman–Crippen LogP) is 1.59. The Bertz CT molecular complexity index is 567. The van der Waals surface area contributed by atoms with E-state index in [1.54, 1.807) is 7.05 Å². The van der Waals surface area contributed by atoms with Gasteiger partial charge in [-0.15, -0.1) is 0 Å². The molecule has 1 N–H and O–H groups in total. The van der Waals surface area contributed by atoms with E-state index in [4.69, 9.17) is 5.11 Å². The minimum Gasteiger partial charge on any atom is -0.395 e. The molecule has 0 unspecified atom stereocenters. The van der Waals surface area contributed by atoms with Gasteiger partial charge in [0.25, 0.3) is 0 Å². The van der Waals surface area contributed by atoms with Gasteiger partial charge < -0.3 is 5.11 Å². The van der Waals surface area contributed by atoms with Crippen molar-refractivity contribution in [3.05, 3.63) is 35.4 Å². The van der Waals surface area contributed by atoms with Crippen molar-refractivity contribution in [3.63, 3.8) is 0 Å². The van der Waals surface area contributed by atoms with E-state index in [0.717, 1.165) is 11.1 Å². The molecule has 0 atom stereocenters. The second-order valence-corrected chi connectivity index (χ2v) is 6.74. The van der Waals surface area contributed by atoms with Gasteiger partial charge >= 0.3 is 0 Å². The standard InChI is InChI=1S/C15H21NO3S/c1-3-12-20(18,19)16(2)13-15-9-7-14(8-10-15)6-4-5-11-17/h7-10,17H,3,5,11-13H2,1-2H3. The van der Waals surface area contributed by atoms with Gasteiger partial charge in [-0.25, -0.2) is 12.7 Å². The summed E-state index contributed by atoms with van der Waals surface area (Å²) in [5, 5.41) is 8.64. The van der Waals surface area contributed by atoms with Crippen molar-refractivity contribution in [1.82, 2.24) is 4.31 Å². The van der Waals surface area contributed by atoms with E-state index in [1.807, 2.05) is 31.2 Å². The lowest BCUT2D eigenvalue weighted by Gasteiger charge is -2.16. The molecule has 0 aliphatic rings. The van der Waals surface area contributed by atoms with E-state index in [1.165, 1.54) is 4.31 Å². The minimum absolute atomic E-state index is 0.0607. The first-order valence-corrected chi connectivity index (χ1v) is 8.23. The van der Waals surface area contributed by atoms with Crippen LogP contribution in [0.15, 0.2) is 24.3 Å². The van der Waals surface area contributed by atoms with Gasteiger partial charge in [-0.05, 0) is 24.1 Å². The zero-order chi connectivity index (χ0) is 15.0. The van der Waals surface area contributed by atoms with Gasteiger partial charge in [0.15, 0.2) is 0 Å². The molecular formula is C15H21NO3S. The Kier molecular flexibility index (Phi) is 6.73. The number of hydrogen-bond donors (Lipinski definition) is 1. The van der Waals surface area contributed by atoms with Gasteiger partial charge in [0, 0.05) is 25.6 Å². The Balaban J connectivity index is 2.69. The molecule has 0 aromatic heterocycles. The normalized spacial score (nSPS) is 11.2. The quantitative estimate of drug-likeness (QED) is 0.811. The Morgan fingerprint density at radius 1 is 1.25 bits per heavy atom. The number of sulfonamides is 1. The van der Waals surface area contributed by atoms with Gasteiger partial charge in [-0.2, -0.15) is 0 Å². The molecule has 0 bridgehead atoms. The molecular weight excluding hydrogens is 274 g/mol. The summed E-state index contributed by atoms with van der Waals surface area (Å²) in [5.41, 5.74) is 1.79. The van der Waals surface area contributed by atoms with E-state index in [2.05, 4.69) is 11.8 Å². The van der Waals surface area contributed by atoms with E-state index in [0.29, 0.717) is 19.4 Å². The highest BCUT2D eigenvalue weighted by Crippen LogP contribution is 2.10. The topological polar surface area (TPSA) is 57.6 Å². The highest BCUT2D eigenvalue weighted by molar-refractivity contribution is 7.89. The third kappa shape index (κ3) is 5.33. The zero-order valence-corrected chi connectivity index (χ0v) is 12.8. The third-order valence-electron chi connectivity index (χ3n) is 2.77. The Labute approximate surface area is 121 Å². The van der Waals surface area contributed by atoms with Crippen LogP contribution in [0, 0.1) is 11.8 Å². The van der Waals surface area contributed by atoms with Crippen LogP contribution in [0.2, 0.25) is 0 Å². The molecule has 1 aromatic carbocycles. The molecule has 5 heteroatoms. The summed E-state index contributed by atoms with van der Waals surface area (Å²) in [4.78, 5) is 0. The molecule has 0 saturated carbocycles. The minimum atomic E-state index is -3.16. The highest BCUT2D eigenvalue weighted by Gasteiger charge is 2.16. The monoisotopic (exact) mass is 295 g/mol. The van der Waals surface area contributed by atoms with Crippen molar-refractivity contribution in [2.75, 3.05) is 19.4 Å². The molecule has 0 radical (unpaired) electrons. The Hall–Kier alpha value is -1.35. The van der Waals surface area contributed by atoms with Gasteiger partial charge in [0.05, 0.1) is 12.4 Å². The smallest absolute Gasteiger partial charge is 0.214 e. The van der Waals surface area contributed by atoms with Crippen LogP contribution < -0.4 is 0 Å². The number of aliphatic hydroxyl groups excluding tert-OH is 1. The molecule has 0 saturated heterocycles. The largest absolute Gasteiger partial charge is 0.395 e. The van der Waals surface area contributed by atoms with Crippen LogP contribution in [0.25, 0.3) is 0 Å². The maximum absolute atomic E-state index is 11.9. The maximum atomic E-state index is 11.9. The first kappa shape index (κ1) is 16.7. The number of nitrogens with zero attached hydrogens (tertiary/aromatic N) is 1. The fraction of sp³-hybridized carbons (Fsp3) is 0.467. The molecule has 0 amide bonds. The molecule has 0 aliphatic heterocycles. The number of hydrogen-bond acceptors (Lipinski definition) is 3. The SMILES string of the molecule is CCCS(=O)(=O)N(C)Cc1ccc(C#CCCO)cc1. The fourth-order valence-corrected chi connectivity index (χ4v) is 2.86. The van der Waals surface area contributed by atoms with E-state index in [-0.39, 0.29) is 12.4 Å². The second kappa shape index (κ2) is 8.05. The fourth-order valence-electron chi connectivity index (χ4n) is 1.68. The summed E-state index contributed by atoms with van der Waals surface area (Å²) in [7, 11) is -1.56. The lowest BCUT2D eigenvalue weighted by molar-refractivity contribution is 0.305. The van der Waals surface area contributed by atoms with Crippen LogP contribution in [-0.4, -0.2) is 37.2 Å². The van der Waals surface area contributed by atoms with Crippen molar-refractivity contribution >= 4 is 10.0 Å². The van der Waals surface area contributed by atoms with Crippen molar-refractivity contribution in [3.8, 4) is 11.8 Å². The first-order valence-electron chi connectivity index (χ1n) is 6.62. The van der Waals surface area contributed by atoms with Crippen LogP contribution in [0.4, 0.5) is 0 Å². The molecule has 0 aliphatic carbocycles. The van der Waals surface area contributed by atoms with Crippen LogP contribution in [0.3, 0.4) is 0 Å². The average Bonchev–Trinajstić information content (AvgIpc) is 2.41. The van der Waals surface area contributed by atoms with E-state index >= 15 is 0 Å². The van der Waals surface area contributed by atoms with Crippen LogP contribution in [-0.2, 0) is 16.6 Å². The molecule has 0 spiro atoms. The predicted molar refractivity (Wildman–Crippen MR) is 80.6 cm³/mol. The van der Waals surface area contributed by atoms with Crippen LogP contribution in [0.1, 0.15) is 30.9 Å². The van der Waals surface area contributed by atoms with Gasteiger partial charge in [0.1, 0.15) is 0 Å². The van der Waals surface area contributed by atoms with E-state index in [9.17, 15) is 8.42 Å². The summed E-state index contributed by atoms with van der Waals surface area (Å²) in [5.74, 6) is 5.96. The van der Waals surface area contributed by atoms with Crippen LogP contribution >= 0.6 is 0 Å². The van der Waals surface area contributed by atoms with Crippen LogP contribution in [0.5, 0.6) is 0 Å². The number of benzene rings is 1. The summed E-state index contributed by atoms with van der Waals surface area (Å²) < 4.78 is 25.1. The van der Waals surface area contributed by atoms with Crippen molar-refractivity contribution in [2.45, 2.75) is 26.3 Å². The summed E-state index contributed by atoms with van der Waals surface area (Å²) >= 11 is 0. The number of rotatable bonds is 6. The zero-order valence-electron chi connectivity index (χ0n) is 12.0. The van der Waals surface area contributed by atoms with Crippen molar-refractivity contribution in [2.24, 2.45) is 0 Å². The summed E-state index contributed by atoms with van der Waals surface area (Å²) in [6.07, 6.45) is 1.08. The first-order chi connectivity index (χ1) is 9.49. The molecule has 0 heterocycles. The van der Waals surface area contributed by atoms with E-state index < -0.39 is 10.0 Å². The lowest BCUT2D eigenvalue weighted by atomic mass is 10.1. The van der Waals surface area contributed by atoms with Crippen molar-refractivity contribution in [1.29, 1.82) is 0 Å². The number of aliphatic hydroxyl groups is 1. The average molecular weight is 295 g/mol. The Morgan fingerprint density at radius 2 is 1.90 bits per heavy atom. The van der Waals surface area contributed by atoms with Gasteiger partial charge in [-0.1, -0.05) is 30.9 Å². The lowest BCUT2D eigenvalue weighted by Crippen LogP contribution is -2.28. The summed E-state index contributed by atoms with van der Waals surface area (Å²) in [6.45, 7) is 2.28. The van der Waals surface area contributed by atoms with Crippen molar-refractivity contribution < 1.29 is 13.5 Å². The molecule has 20 heavy (non-hydrogen) atoms. The molecule has 4 nitrogen and oxygen atoms in total. The summed E-state index contributed by atoms with van der Waals surface area (Å²) in [6, 6.07) is 7.47. The van der Waals surface area contributed by atoms with Gasteiger partial charge in [0.2, 0.25) is 10.0 Å². The highest BCUT2D eigenvalue weighted by atomic mass is 32.2. The molecule has 1 rings (SSSR count). The second-order valence-electron chi connectivity index (χ2n) is 4.54. The maximum Gasteiger partial charge on any atom is 0.214 e. The third-order valence-corrected chi connectivity index (χ3v) is 4.77. The molecule has 0 fully saturated rings. The molecule has 1 aromatic rings. The van der Waals surface area contributed by atoms with Gasteiger partial charge in [-0.3, -0.25) is 0 Å². The Morgan fingerprint density at radius 3 is 2.45 bits per heavy atom. The molecule has 110 valence electrons.